The first-order valence-electron chi connectivity index (χ1n) is 4.57. The molecule has 1 fully saturated rings. The Morgan fingerprint density at radius 1 is 0.917 bits per heavy atom. The molecule has 12 heavy (non-hydrogen) atoms. The number of rotatable bonds is 0. The average Bonchev–Trinajstić information content (AvgIpc) is 2.02. The van der Waals surface area contributed by atoms with Gasteiger partial charge in [0, 0.05) is 6.66 Å². The first kappa shape index (κ1) is 10.2. The molecule has 1 heterocycles. The highest BCUT2D eigenvalue weighted by Gasteiger charge is 2.16. The molecule has 0 atom stereocenters. The molecular formula is C8H17O3P. The summed E-state index contributed by atoms with van der Waals surface area (Å²) in [4.78, 5) is 0. The van der Waals surface area contributed by atoms with Crippen LogP contribution in [0.4, 0.5) is 0 Å². The summed E-state index contributed by atoms with van der Waals surface area (Å²) in [5.74, 6) is 0. The zero-order chi connectivity index (χ0) is 8.86. The van der Waals surface area contributed by atoms with Crippen molar-refractivity contribution in [2.45, 2.75) is 32.1 Å². The normalized spacial score (nSPS) is 26.4. The molecule has 0 bridgehead atoms. The van der Waals surface area contributed by atoms with Gasteiger partial charge in [-0.25, -0.2) is 0 Å². The number of hydrogen-bond acceptors (Lipinski definition) is 3. The minimum absolute atomic E-state index is 0.577. The Hall–Kier alpha value is 0.150. The fourth-order valence-corrected chi connectivity index (χ4v) is 2.23. The third-order valence-electron chi connectivity index (χ3n) is 1.94. The van der Waals surface area contributed by atoms with Gasteiger partial charge in [-0.1, -0.05) is 19.3 Å². The molecule has 0 saturated carbocycles. The quantitative estimate of drug-likeness (QED) is 0.553. The van der Waals surface area contributed by atoms with Crippen LogP contribution >= 0.6 is 7.60 Å². The average molecular weight is 192 g/mol. The van der Waals surface area contributed by atoms with Crippen LogP contribution in [0.25, 0.3) is 0 Å². The highest BCUT2D eigenvalue weighted by atomic mass is 31.2. The second kappa shape index (κ2) is 5.00. The van der Waals surface area contributed by atoms with Gasteiger partial charge in [0.25, 0.3) is 0 Å². The van der Waals surface area contributed by atoms with E-state index >= 15 is 0 Å². The largest absolute Gasteiger partial charge is 0.327 e. The van der Waals surface area contributed by atoms with Crippen LogP contribution < -0.4 is 0 Å². The first-order chi connectivity index (χ1) is 5.71. The summed E-state index contributed by atoms with van der Waals surface area (Å²) < 4.78 is 21.7. The van der Waals surface area contributed by atoms with E-state index in [9.17, 15) is 4.57 Å². The van der Waals surface area contributed by atoms with Gasteiger partial charge in [-0.2, -0.15) is 0 Å². The molecule has 0 N–H and O–H groups in total. The minimum atomic E-state index is -2.70. The lowest BCUT2D eigenvalue weighted by atomic mass is 10.1. The summed E-state index contributed by atoms with van der Waals surface area (Å²) in [5.41, 5.74) is 0. The van der Waals surface area contributed by atoms with Gasteiger partial charge in [-0.3, -0.25) is 4.57 Å². The van der Waals surface area contributed by atoms with E-state index < -0.39 is 7.60 Å². The summed E-state index contributed by atoms with van der Waals surface area (Å²) in [6.45, 7) is 2.70. The molecule has 4 heteroatoms. The van der Waals surface area contributed by atoms with E-state index in [-0.39, 0.29) is 0 Å². The van der Waals surface area contributed by atoms with Crippen LogP contribution in [0, 0.1) is 0 Å². The van der Waals surface area contributed by atoms with Crippen LogP contribution in [0.2, 0.25) is 0 Å². The Labute approximate surface area is 74.0 Å². The molecule has 72 valence electrons. The van der Waals surface area contributed by atoms with Gasteiger partial charge in [0.1, 0.15) is 0 Å². The van der Waals surface area contributed by atoms with Crippen LogP contribution in [0.1, 0.15) is 32.1 Å². The van der Waals surface area contributed by atoms with Gasteiger partial charge in [0.15, 0.2) is 0 Å². The van der Waals surface area contributed by atoms with E-state index in [4.69, 9.17) is 9.05 Å². The lowest BCUT2D eigenvalue weighted by Gasteiger charge is -2.15. The van der Waals surface area contributed by atoms with Gasteiger partial charge in [0.2, 0.25) is 0 Å². The van der Waals surface area contributed by atoms with Gasteiger partial charge in [0.05, 0.1) is 13.2 Å². The lowest BCUT2D eigenvalue weighted by molar-refractivity contribution is 0.195. The maximum Gasteiger partial charge on any atom is 0.327 e. The van der Waals surface area contributed by atoms with Crippen molar-refractivity contribution in [1.29, 1.82) is 0 Å². The summed E-state index contributed by atoms with van der Waals surface area (Å²) in [7, 11) is -2.70. The Kier molecular flexibility index (Phi) is 4.27. The molecule has 1 aliphatic rings. The highest BCUT2D eigenvalue weighted by molar-refractivity contribution is 7.52. The third kappa shape index (κ3) is 4.24. The zero-order valence-electron chi connectivity index (χ0n) is 7.62. The van der Waals surface area contributed by atoms with Crippen molar-refractivity contribution in [3.63, 3.8) is 0 Å². The smallest absolute Gasteiger partial charge is 0.309 e. The Bertz CT molecular complexity index is 156. The van der Waals surface area contributed by atoms with Gasteiger partial charge in [-0.15, -0.1) is 0 Å². The summed E-state index contributed by atoms with van der Waals surface area (Å²) >= 11 is 0. The maximum absolute atomic E-state index is 11.4. The lowest BCUT2D eigenvalue weighted by Crippen LogP contribution is -2.00. The molecule has 0 amide bonds. The first-order valence-corrected chi connectivity index (χ1v) is 6.56. The molecule has 0 aliphatic carbocycles. The van der Waals surface area contributed by atoms with Crippen LogP contribution in [0.3, 0.4) is 0 Å². The van der Waals surface area contributed by atoms with Crippen LogP contribution in [-0.2, 0) is 13.6 Å². The van der Waals surface area contributed by atoms with E-state index in [0.29, 0.717) is 13.2 Å². The molecular weight excluding hydrogens is 175 g/mol. The van der Waals surface area contributed by atoms with E-state index in [1.54, 1.807) is 6.66 Å². The molecule has 0 aromatic heterocycles. The SMILES string of the molecule is CP1(=O)OCCCCCCCO1. The minimum Gasteiger partial charge on any atom is -0.309 e. The van der Waals surface area contributed by atoms with E-state index in [1.165, 1.54) is 19.3 Å². The standard InChI is InChI=1S/C8H17O3P/c1-12(9)10-7-5-3-2-4-6-8-11-12/h2-8H2,1H3. The molecule has 0 aromatic rings. The summed E-state index contributed by atoms with van der Waals surface area (Å²) in [6, 6.07) is 0. The zero-order valence-corrected chi connectivity index (χ0v) is 8.52. The van der Waals surface area contributed by atoms with Crippen LogP contribution in [0.15, 0.2) is 0 Å². The van der Waals surface area contributed by atoms with Gasteiger partial charge in [-0.05, 0) is 12.8 Å². The van der Waals surface area contributed by atoms with Gasteiger partial charge >= 0.3 is 7.60 Å². The van der Waals surface area contributed by atoms with Crippen molar-refractivity contribution >= 4 is 7.60 Å². The fraction of sp³-hybridized carbons (Fsp3) is 1.00. The Balaban J connectivity index is 2.32. The van der Waals surface area contributed by atoms with E-state index in [0.717, 1.165) is 12.8 Å². The topological polar surface area (TPSA) is 35.5 Å². The molecule has 1 saturated heterocycles. The molecule has 1 rings (SSSR count). The van der Waals surface area contributed by atoms with Crippen molar-refractivity contribution in [3.8, 4) is 0 Å². The fourth-order valence-electron chi connectivity index (χ4n) is 1.23. The van der Waals surface area contributed by atoms with Crippen LogP contribution in [-0.4, -0.2) is 19.9 Å². The summed E-state index contributed by atoms with van der Waals surface area (Å²) in [6.07, 6.45) is 5.60. The van der Waals surface area contributed by atoms with Crippen molar-refractivity contribution < 1.29 is 13.6 Å². The number of hydrogen-bond donors (Lipinski definition) is 0. The molecule has 0 unspecified atom stereocenters. The molecule has 0 radical (unpaired) electrons. The second-order valence-electron chi connectivity index (χ2n) is 3.21. The van der Waals surface area contributed by atoms with Crippen molar-refractivity contribution in [1.82, 2.24) is 0 Å². The predicted octanol–water partition coefficient (Wildman–Crippen LogP) is 2.81. The molecule has 1 aliphatic heterocycles. The summed E-state index contributed by atoms with van der Waals surface area (Å²) in [5, 5.41) is 0. The van der Waals surface area contributed by atoms with E-state index in [1.807, 2.05) is 0 Å². The Morgan fingerprint density at radius 3 is 1.83 bits per heavy atom. The van der Waals surface area contributed by atoms with Crippen molar-refractivity contribution in [3.05, 3.63) is 0 Å². The molecule has 3 nitrogen and oxygen atoms in total. The molecule has 0 aromatic carbocycles. The Morgan fingerprint density at radius 2 is 1.33 bits per heavy atom. The van der Waals surface area contributed by atoms with E-state index in [2.05, 4.69) is 0 Å². The highest BCUT2D eigenvalue weighted by Crippen LogP contribution is 2.44. The maximum atomic E-state index is 11.4. The molecule has 0 spiro atoms. The predicted molar refractivity (Wildman–Crippen MR) is 48.5 cm³/mol. The van der Waals surface area contributed by atoms with Crippen molar-refractivity contribution in [2.75, 3.05) is 19.9 Å². The third-order valence-corrected chi connectivity index (χ3v) is 3.24. The monoisotopic (exact) mass is 192 g/mol. The van der Waals surface area contributed by atoms with Crippen molar-refractivity contribution in [2.24, 2.45) is 0 Å². The second-order valence-corrected chi connectivity index (χ2v) is 5.26. The van der Waals surface area contributed by atoms with Crippen LogP contribution in [0.5, 0.6) is 0 Å². The van der Waals surface area contributed by atoms with Gasteiger partial charge < -0.3 is 9.05 Å².